The third kappa shape index (κ3) is 5.35. The number of aliphatic imine (C=N–C) groups is 1. The Labute approximate surface area is 232 Å². The molecular formula is C30H29ClN4O2S. The molecule has 3 aromatic carbocycles. The number of allylic oxidation sites excluding steroid dienone is 1. The van der Waals surface area contributed by atoms with Crippen LogP contribution in [0, 0.1) is 13.8 Å². The zero-order valence-corrected chi connectivity index (χ0v) is 23.1. The lowest BCUT2D eigenvalue weighted by molar-refractivity contribution is -0.113. The van der Waals surface area contributed by atoms with Gasteiger partial charge in [-0.2, -0.15) is 0 Å². The summed E-state index contributed by atoms with van der Waals surface area (Å²) in [7, 11) is 0. The molecule has 6 nitrogen and oxygen atoms in total. The van der Waals surface area contributed by atoms with Crippen LogP contribution in [-0.2, 0) is 4.79 Å². The van der Waals surface area contributed by atoms with Gasteiger partial charge in [-0.25, -0.2) is 4.99 Å². The normalized spacial score (nSPS) is 17.0. The monoisotopic (exact) mass is 544 g/mol. The first-order chi connectivity index (χ1) is 18.3. The first-order valence-electron chi connectivity index (χ1n) is 12.5. The van der Waals surface area contributed by atoms with E-state index in [9.17, 15) is 9.59 Å². The molecule has 2 aliphatic rings. The van der Waals surface area contributed by atoms with Crippen molar-refractivity contribution in [1.29, 1.82) is 0 Å². The maximum Gasteiger partial charge on any atom is 0.257 e. The van der Waals surface area contributed by atoms with Gasteiger partial charge in [-0.3, -0.25) is 9.59 Å². The second kappa shape index (κ2) is 11.1. The number of halogens is 1. The van der Waals surface area contributed by atoms with Gasteiger partial charge in [0.2, 0.25) is 0 Å². The number of aryl methyl sites for hydroxylation is 2. The SMILES string of the molecule is CC1=C(C(=O)Nc2ccc(C)cc2C)C(c2ccc(NC(=O)c3ccccc3Cl)cc2)N2CCCSC2=N1. The molecule has 2 amide bonds. The van der Waals surface area contributed by atoms with Gasteiger partial charge in [0, 0.05) is 23.7 Å². The van der Waals surface area contributed by atoms with Crippen molar-refractivity contribution in [3.8, 4) is 0 Å². The van der Waals surface area contributed by atoms with Gasteiger partial charge >= 0.3 is 0 Å². The Morgan fingerprint density at radius 2 is 1.74 bits per heavy atom. The number of rotatable bonds is 5. The van der Waals surface area contributed by atoms with Crippen molar-refractivity contribution in [3.63, 3.8) is 0 Å². The molecule has 0 spiro atoms. The maximum absolute atomic E-state index is 13.7. The fourth-order valence-electron chi connectivity index (χ4n) is 4.84. The molecule has 2 N–H and O–H groups in total. The number of nitrogens with zero attached hydrogens (tertiary/aromatic N) is 2. The minimum Gasteiger partial charge on any atom is -0.340 e. The highest BCUT2D eigenvalue weighted by Crippen LogP contribution is 2.40. The Hall–Kier alpha value is -3.55. The number of thioether (sulfide) groups is 1. The lowest BCUT2D eigenvalue weighted by atomic mass is 9.93. The quantitative estimate of drug-likeness (QED) is 0.364. The number of hydrogen-bond donors (Lipinski definition) is 2. The number of anilines is 2. The largest absolute Gasteiger partial charge is 0.340 e. The lowest BCUT2D eigenvalue weighted by Crippen LogP contribution is -2.43. The number of amidine groups is 1. The lowest BCUT2D eigenvalue weighted by Gasteiger charge is -2.41. The summed E-state index contributed by atoms with van der Waals surface area (Å²) >= 11 is 7.91. The summed E-state index contributed by atoms with van der Waals surface area (Å²) in [5, 5.41) is 7.38. The Kier molecular flexibility index (Phi) is 7.58. The number of carbonyl (C=O) groups excluding carboxylic acids is 2. The van der Waals surface area contributed by atoms with Crippen molar-refractivity contribution in [2.75, 3.05) is 22.9 Å². The minimum atomic E-state index is -0.283. The van der Waals surface area contributed by atoms with Crippen LogP contribution in [0.1, 0.15) is 46.4 Å². The van der Waals surface area contributed by atoms with E-state index in [0.717, 1.165) is 46.3 Å². The first kappa shape index (κ1) is 26.1. The van der Waals surface area contributed by atoms with Crippen molar-refractivity contribution in [1.82, 2.24) is 4.90 Å². The van der Waals surface area contributed by atoms with Gasteiger partial charge in [-0.1, -0.05) is 65.3 Å². The van der Waals surface area contributed by atoms with Gasteiger partial charge in [0.05, 0.1) is 27.9 Å². The van der Waals surface area contributed by atoms with Crippen LogP contribution in [0.3, 0.4) is 0 Å². The van der Waals surface area contributed by atoms with E-state index in [-0.39, 0.29) is 17.9 Å². The zero-order valence-electron chi connectivity index (χ0n) is 21.5. The molecule has 194 valence electrons. The molecule has 5 rings (SSSR count). The average Bonchev–Trinajstić information content (AvgIpc) is 2.90. The molecule has 2 aliphatic heterocycles. The van der Waals surface area contributed by atoms with E-state index in [2.05, 4.69) is 21.6 Å². The highest BCUT2D eigenvalue weighted by molar-refractivity contribution is 8.13. The second-order valence-electron chi connectivity index (χ2n) is 9.52. The average molecular weight is 545 g/mol. The molecule has 1 saturated heterocycles. The van der Waals surface area contributed by atoms with Crippen LogP contribution < -0.4 is 10.6 Å². The van der Waals surface area contributed by atoms with E-state index < -0.39 is 0 Å². The Morgan fingerprint density at radius 3 is 2.47 bits per heavy atom. The highest BCUT2D eigenvalue weighted by atomic mass is 35.5. The smallest absolute Gasteiger partial charge is 0.257 e. The number of amides is 2. The van der Waals surface area contributed by atoms with E-state index in [1.807, 2.05) is 57.2 Å². The molecule has 0 aliphatic carbocycles. The van der Waals surface area contributed by atoms with E-state index in [0.29, 0.717) is 27.5 Å². The van der Waals surface area contributed by atoms with Crippen LogP contribution in [0.15, 0.2) is 83.0 Å². The molecule has 0 aromatic heterocycles. The standard InChI is InChI=1S/C30H29ClN4O2S/c1-18-9-14-25(19(2)17-18)34-29(37)26-20(3)32-30-35(15-6-16-38-30)27(26)21-10-12-22(13-11-21)33-28(36)23-7-4-5-8-24(23)31/h4-5,7-14,17,27H,6,15-16H2,1-3H3,(H,33,36)(H,34,37). The highest BCUT2D eigenvalue weighted by Gasteiger charge is 2.37. The molecule has 1 unspecified atom stereocenters. The van der Waals surface area contributed by atoms with E-state index in [1.165, 1.54) is 0 Å². The third-order valence-corrected chi connectivity index (χ3v) is 8.14. The van der Waals surface area contributed by atoms with Crippen LogP contribution in [-0.4, -0.2) is 34.2 Å². The van der Waals surface area contributed by atoms with Gasteiger partial charge in [0.15, 0.2) is 5.17 Å². The molecule has 38 heavy (non-hydrogen) atoms. The summed E-state index contributed by atoms with van der Waals surface area (Å²) in [5.74, 6) is 0.577. The predicted molar refractivity (Wildman–Crippen MR) is 157 cm³/mol. The molecule has 3 aromatic rings. The molecule has 2 heterocycles. The van der Waals surface area contributed by atoms with Gasteiger partial charge in [0.25, 0.3) is 11.8 Å². The van der Waals surface area contributed by atoms with Crippen LogP contribution in [0.5, 0.6) is 0 Å². The molecule has 1 fully saturated rings. The predicted octanol–water partition coefficient (Wildman–Crippen LogP) is 6.97. The van der Waals surface area contributed by atoms with Gasteiger partial charge in [-0.05, 0) is 68.7 Å². The molecule has 0 saturated carbocycles. The summed E-state index contributed by atoms with van der Waals surface area (Å²) in [6.45, 7) is 6.75. The van der Waals surface area contributed by atoms with Crippen molar-refractivity contribution >= 4 is 51.7 Å². The number of benzene rings is 3. The van der Waals surface area contributed by atoms with Crippen molar-refractivity contribution in [2.24, 2.45) is 4.99 Å². The van der Waals surface area contributed by atoms with Gasteiger partial charge in [-0.15, -0.1) is 0 Å². The fourth-order valence-corrected chi connectivity index (χ4v) is 6.08. The number of carbonyl (C=O) groups is 2. The van der Waals surface area contributed by atoms with Gasteiger partial charge in [0.1, 0.15) is 0 Å². The molecular weight excluding hydrogens is 516 g/mol. The Balaban J connectivity index is 1.44. The van der Waals surface area contributed by atoms with E-state index >= 15 is 0 Å². The molecule has 8 heteroatoms. The van der Waals surface area contributed by atoms with Crippen molar-refractivity contribution < 1.29 is 9.59 Å². The van der Waals surface area contributed by atoms with Crippen LogP contribution in [0.4, 0.5) is 11.4 Å². The summed E-state index contributed by atoms with van der Waals surface area (Å²) in [4.78, 5) is 33.5. The Morgan fingerprint density at radius 1 is 0.974 bits per heavy atom. The third-order valence-electron chi connectivity index (χ3n) is 6.74. The fraction of sp³-hybridized carbons (Fsp3) is 0.233. The number of hydrogen-bond acceptors (Lipinski definition) is 5. The van der Waals surface area contributed by atoms with Crippen molar-refractivity contribution in [2.45, 2.75) is 33.2 Å². The zero-order chi connectivity index (χ0) is 26.8. The summed E-state index contributed by atoms with van der Waals surface area (Å²) < 4.78 is 0. The Bertz CT molecular complexity index is 1470. The topological polar surface area (TPSA) is 73.8 Å². The summed E-state index contributed by atoms with van der Waals surface area (Å²) in [6, 6.07) is 20.3. The maximum atomic E-state index is 13.7. The number of fused-ring (bicyclic) bond motifs is 1. The van der Waals surface area contributed by atoms with Crippen LogP contribution in [0.2, 0.25) is 5.02 Å². The van der Waals surface area contributed by atoms with E-state index in [1.54, 1.807) is 36.0 Å². The molecule has 0 radical (unpaired) electrons. The van der Waals surface area contributed by atoms with Crippen LogP contribution >= 0.6 is 23.4 Å². The summed E-state index contributed by atoms with van der Waals surface area (Å²) in [5.41, 5.74) is 6.32. The number of nitrogens with one attached hydrogen (secondary N) is 2. The van der Waals surface area contributed by atoms with E-state index in [4.69, 9.17) is 16.6 Å². The molecule has 0 bridgehead atoms. The van der Waals surface area contributed by atoms with Gasteiger partial charge < -0.3 is 15.5 Å². The first-order valence-corrected chi connectivity index (χ1v) is 13.9. The minimum absolute atomic E-state index is 0.158. The molecule has 1 atom stereocenters. The van der Waals surface area contributed by atoms with Crippen molar-refractivity contribution in [3.05, 3.63) is 105 Å². The van der Waals surface area contributed by atoms with Crippen LogP contribution in [0.25, 0.3) is 0 Å². The summed E-state index contributed by atoms with van der Waals surface area (Å²) in [6.07, 6.45) is 1.01. The second-order valence-corrected chi connectivity index (χ2v) is 11.0.